The van der Waals surface area contributed by atoms with E-state index >= 15 is 0 Å². The quantitative estimate of drug-likeness (QED) is 0.697. The molecule has 0 aliphatic carbocycles. The third kappa shape index (κ3) is 6.51. The lowest BCUT2D eigenvalue weighted by Crippen LogP contribution is -2.09. The average Bonchev–Trinajstić information content (AvgIpc) is 2.22. The maximum absolute atomic E-state index is 12.0. The van der Waals surface area contributed by atoms with Crippen LogP contribution < -0.4 is 0 Å². The van der Waals surface area contributed by atoms with E-state index in [1.807, 2.05) is 0 Å². The molecule has 0 nitrogen and oxygen atoms in total. The lowest BCUT2D eigenvalue weighted by Gasteiger charge is -2.09. The number of rotatable bonds is 4. The van der Waals surface area contributed by atoms with Crippen molar-refractivity contribution < 1.29 is 26.3 Å². The van der Waals surface area contributed by atoms with E-state index in [1.54, 1.807) is 0 Å². The van der Waals surface area contributed by atoms with Crippen LogP contribution in [0.5, 0.6) is 0 Å². The third-order valence-corrected chi connectivity index (χ3v) is 2.39. The van der Waals surface area contributed by atoms with Crippen molar-refractivity contribution in [3.05, 3.63) is 35.4 Å². The van der Waals surface area contributed by atoms with Crippen LogP contribution in [0.3, 0.4) is 0 Å². The summed E-state index contributed by atoms with van der Waals surface area (Å²) in [4.78, 5) is 0. The van der Waals surface area contributed by atoms with Gasteiger partial charge in [0.1, 0.15) is 0 Å². The Kier molecular flexibility index (Phi) is 4.65. The molecule has 0 spiro atoms. The van der Waals surface area contributed by atoms with Gasteiger partial charge in [0.25, 0.3) is 0 Å². The smallest absolute Gasteiger partial charge is 0.171 e. The lowest BCUT2D eigenvalue weighted by atomic mass is 10.0. The number of halogens is 6. The zero-order chi connectivity index (χ0) is 13.8. The van der Waals surface area contributed by atoms with Gasteiger partial charge in [0, 0.05) is 12.8 Å². The predicted molar refractivity (Wildman–Crippen MR) is 55.2 cm³/mol. The zero-order valence-corrected chi connectivity index (χ0v) is 9.41. The monoisotopic (exact) mass is 270 g/mol. The molecule has 102 valence electrons. The van der Waals surface area contributed by atoms with Crippen LogP contribution in [0.1, 0.15) is 24.0 Å². The van der Waals surface area contributed by atoms with Gasteiger partial charge in [0.05, 0.1) is 0 Å². The standard InChI is InChI=1S/C12H12F6/c13-11(14,15)6-4-9-2-1-3-10(8-9)5-7-12(16,17)18/h1-3,8H,4-7H2. The van der Waals surface area contributed by atoms with Crippen molar-refractivity contribution in [3.63, 3.8) is 0 Å². The fourth-order valence-corrected chi connectivity index (χ4v) is 1.51. The fourth-order valence-electron chi connectivity index (χ4n) is 1.51. The van der Waals surface area contributed by atoms with Crippen molar-refractivity contribution in [1.82, 2.24) is 0 Å². The van der Waals surface area contributed by atoms with Crippen LogP contribution in [-0.4, -0.2) is 12.4 Å². The van der Waals surface area contributed by atoms with Crippen molar-refractivity contribution in [3.8, 4) is 0 Å². The van der Waals surface area contributed by atoms with Crippen LogP contribution in [0.15, 0.2) is 24.3 Å². The minimum absolute atomic E-state index is 0.205. The topological polar surface area (TPSA) is 0 Å². The van der Waals surface area contributed by atoms with Crippen molar-refractivity contribution >= 4 is 0 Å². The molecule has 1 aromatic carbocycles. The highest BCUT2D eigenvalue weighted by molar-refractivity contribution is 5.23. The average molecular weight is 270 g/mol. The Hall–Kier alpha value is -1.20. The first-order chi connectivity index (χ1) is 8.16. The summed E-state index contributed by atoms with van der Waals surface area (Å²) < 4.78 is 72.0. The Bertz CT molecular complexity index is 344. The molecular weight excluding hydrogens is 258 g/mol. The van der Waals surface area contributed by atoms with E-state index in [2.05, 4.69) is 0 Å². The van der Waals surface area contributed by atoms with Gasteiger partial charge in [-0.2, -0.15) is 26.3 Å². The summed E-state index contributed by atoms with van der Waals surface area (Å²) in [7, 11) is 0. The number of benzene rings is 1. The van der Waals surface area contributed by atoms with Gasteiger partial charge in [0.15, 0.2) is 0 Å². The Labute approximate surface area is 101 Å². The summed E-state index contributed by atoms with van der Waals surface area (Å²) in [5.74, 6) is 0. The predicted octanol–water partition coefficient (Wildman–Crippen LogP) is 4.68. The summed E-state index contributed by atoms with van der Waals surface area (Å²) in [6.45, 7) is 0. The van der Waals surface area contributed by atoms with Gasteiger partial charge in [0.2, 0.25) is 0 Å². The molecule has 0 fully saturated rings. The van der Waals surface area contributed by atoms with Gasteiger partial charge in [-0.05, 0) is 24.0 Å². The largest absolute Gasteiger partial charge is 0.389 e. The van der Waals surface area contributed by atoms with E-state index in [0.29, 0.717) is 11.1 Å². The van der Waals surface area contributed by atoms with Gasteiger partial charge < -0.3 is 0 Å². The first-order valence-electron chi connectivity index (χ1n) is 5.37. The summed E-state index contributed by atoms with van der Waals surface area (Å²) in [6.07, 6.45) is -10.8. The second-order valence-corrected chi connectivity index (χ2v) is 4.05. The van der Waals surface area contributed by atoms with E-state index in [4.69, 9.17) is 0 Å². The summed E-state index contributed by atoms with van der Waals surface area (Å²) in [6, 6.07) is 5.86. The van der Waals surface area contributed by atoms with Gasteiger partial charge in [-0.25, -0.2) is 0 Å². The van der Waals surface area contributed by atoms with Crippen LogP contribution in [0, 0.1) is 0 Å². The van der Waals surface area contributed by atoms with Crippen LogP contribution in [0.25, 0.3) is 0 Å². The normalized spacial score (nSPS) is 12.8. The van der Waals surface area contributed by atoms with Gasteiger partial charge in [-0.15, -0.1) is 0 Å². The Morgan fingerprint density at radius 3 is 1.44 bits per heavy atom. The maximum atomic E-state index is 12.0. The molecule has 1 rings (SSSR count). The third-order valence-electron chi connectivity index (χ3n) is 2.39. The highest BCUT2D eigenvalue weighted by Gasteiger charge is 2.27. The molecule has 0 amide bonds. The molecule has 0 aliphatic rings. The van der Waals surface area contributed by atoms with Gasteiger partial charge in [-0.1, -0.05) is 24.3 Å². The minimum Gasteiger partial charge on any atom is -0.171 e. The van der Waals surface area contributed by atoms with Crippen molar-refractivity contribution in [2.45, 2.75) is 38.0 Å². The number of hydrogen-bond acceptors (Lipinski definition) is 0. The second kappa shape index (κ2) is 5.63. The zero-order valence-electron chi connectivity index (χ0n) is 9.41. The van der Waals surface area contributed by atoms with Crippen LogP contribution in [0.2, 0.25) is 0 Å². The molecule has 0 saturated heterocycles. The first kappa shape index (κ1) is 14.9. The number of hydrogen-bond donors (Lipinski definition) is 0. The molecule has 6 heteroatoms. The Morgan fingerprint density at radius 2 is 1.11 bits per heavy atom. The van der Waals surface area contributed by atoms with E-state index in [9.17, 15) is 26.3 Å². The Morgan fingerprint density at radius 1 is 0.722 bits per heavy atom. The van der Waals surface area contributed by atoms with E-state index in [-0.39, 0.29) is 12.8 Å². The molecule has 0 saturated carbocycles. The highest BCUT2D eigenvalue weighted by atomic mass is 19.4. The molecule has 1 aromatic rings. The molecule has 0 aliphatic heterocycles. The molecule has 0 heterocycles. The second-order valence-electron chi connectivity index (χ2n) is 4.05. The van der Waals surface area contributed by atoms with E-state index < -0.39 is 25.2 Å². The summed E-state index contributed by atoms with van der Waals surface area (Å²) in [5, 5.41) is 0. The van der Waals surface area contributed by atoms with E-state index in [0.717, 1.165) is 0 Å². The molecule has 0 aromatic heterocycles. The lowest BCUT2D eigenvalue weighted by molar-refractivity contribution is -0.134. The highest BCUT2D eigenvalue weighted by Crippen LogP contribution is 2.24. The van der Waals surface area contributed by atoms with Crippen LogP contribution in [-0.2, 0) is 12.8 Å². The molecule has 0 radical (unpaired) electrons. The molecule has 0 bridgehead atoms. The molecular formula is C12H12F6. The van der Waals surface area contributed by atoms with E-state index in [1.165, 1.54) is 24.3 Å². The van der Waals surface area contributed by atoms with Crippen molar-refractivity contribution in [2.24, 2.45) is 0 Å². The number of aryl methyl sites for hydroxylation is 2. The van der Waals surface area contributed by atoms with Gasteiger partial charge in [-0.3, -0.25) is 0 Å². The first-order valence-corrected chi connectivity index (χ1v) is 5.37. The SMILES string of the molecule is FC(F)(F)CCc1cccc(CCC(F)(F)F)c1. The van der Waals surface area contributed by atoms with Crippen molar-refractivity contribution in [1.29, 1.82) is 0 Å². The summed E-state index contributed by atoms with van der Waals surface area (Å²) >= 11 is 0. The minimum atomic E-state index is -4.25. The Balaban J connectivity index is 2.57. The van der Waals surface area contributed by atoms with Gasteiger partial charge >= 0.3 is 12.4 Å². The van der Waals surface area contributed by atoms with Crippen LogP contribution in [0.4, 0.5) is 26.3 Å². The van der Waals surface area contributed by atoms with Crippen molar-refractivity contribution in [2.75, 3.05) is 0 Å². The maximum Gasteiger partial charge on any atom is 0.389 e. The molecule has 0 atom stereocenters. The fraction of sp³-hybridized carbons (Fsp3) is 0.500. The van der Waals surface area contributed by atoms with Crippen LogP contribution >= 0.6 is 0 Å². The molecule has 18 heavy (non-hydrogen) atoms. The molecule has 0 N–H and O–H groups in total. The summed E-state index contributed by atoms with van der Waals surface area (Å²) in [5.41, 5.74) is 0.819. The molecule has 0 unspecified atom stereocenters. The number of alkyl halides is 6.